The van der Waals surface area contributed by atoms with Crippen molar-refractivity contribution in [1.29, 1.82) is 0 Å². The summed E-state index contributed by atoms with van der Waals surface area (Å²) >= 11 is 0.428. The number of hydrogen-bond donors (Lipinski definition) is 0. The van der Waals surface area contributed by atoms with Gasteiger partial charge in [-0.1, -0.05) is 0 Å². The summed E-state index contributed by atoms with van der Waals surface area (Å²) in [5.41, 5.74) is 5.05. The average molecular weight is 264 g/mol. The number of benzene rings is 1. The Morgan fingerprint density at radius 3 is 2.87 bits per heavy atom. The maximum absolute atomic E-state index is 5.26. The first kappa shape index (κ1) is 10.6. The zero-order chi connectivity index (χ0) is 10.8. The van der Waals surface area contributed by atoms with E-state index in [2.05, 4.69) is 35.7 Å². The Hall–Kier alpha value is -0.882. The predicted octanol–water partition coefficient (Wildman–Crippen LogP) is 2.44. The van der Waals surface area contributed by atoms with Crippen LogP contribution >= 0.6 is 0 Å². The Kier molecular flexibility index (Phi) is 3.06. The van der Waals surface area contributed by atoms with Crippen molar-refractivity contribution in [2.75, 3.05) is 7.11 Å². The second kappa shape index (κ2) is 4.32. The summed E-state index contributed by atoms with van der Waals surface area (Å²) in [5.74, 6) is 0.947. The monoisotopic (exact) mass is 264 g/mol. The summed E-state index contributed by atoms with van der Waals surface area (Å²) in [5, 5.41) is 2.56. The molecule has 0 aliphatic rings. The first-order valence-electron chi connectivity index (χ1n) is 4.94. The predicted molar refractivity (Wildman–Crippen MR) is 64.8 cm³/mol. The molecule has 1 aromatic carbocycles. The van der Waals surface area contributed by atoms with Gasteiger partial charge in [-0.25, -0.2) is 0 Å². The summed E-state index contributed by atoms with van der Waals surface area (Å²) in [6.45, 7) is 0. The molecular formula is C12H15AsNO. The molecule has 3 heteroatoms. The Morgan fingerprint density at radius 2 is 2.20 bits per heavy atom. The minimum atomic E-state index is 0.428. The van der Waals surface area contributed by atoms with E-state index in [-0.39, 0.29) is 0 Å². The van der Waals surface area contributed by atoms with E-state index >= 15 is 0 Å². The molecule has 0 aliphatic carbocycles. The van der Waals surface area contributed by atoms with E-state index in [0.717, 1.165) is 5.75 Å². The van der Waals surface area contributed by atoms with E-state index in [9.17, 15) is 0 Å². The number of ether oxygens (including phenoxy) is 1. The zero-order valence-corrected chi connectivity index (χ0v) is 11.2. The molecule has 2 aromatic rings. The van der Waals surface area contributed by atoms with Crippen molar-refractivity contribution < 1.29 is 4.74 Å². The Bertz CT molecular complexity index is 476. The molecule has 1 radical (unpaired) electrons. The first-order valence-corrected chi connectivity index (χ1v) is 8.14. The molecule has 1 heterocycles. The number of rotatable bonds is 3. The van der Waals surface area contributed by atoms with Gasteiger partial charge in [0.05, 0.1) is 0 Å². The van der Waals surface area contributed by atoms with Crippen LogP contribution in [0.4, 0.5) is 0 Å². The van der Waals surface area contributed by atoms with Crippen molar-refractivity contribution in [1.82, 2.24) is 4.57 Å². The van der Waals surface area contributed by atoms with E-state index < -0.39 is 0 Å². The van der Waals surface area contributed by atoms with Gasteiger partial charge in [-0.15, -0.1) is 0 Å². The summed E-state index contributed by atoms with van der Waals surface area (Å²) in [6, 6.07) is 6.29. The van der Waals surface area contributed by atoms with Crippen LogP contribution in [0.2, 0.25) is 5.71 Å². The zero-order valence-electron chi connectivity index (χ0n) is 9.32. The Morgan fingerprint density at radius 1 is 1.40 bits per heavy atom. The molecule has 79 valence electrons. The van der Waals surface area contributed by atoms with Gasteiger partial charge in [-0.05, 0) is 0 Å². The molecule has 1 aromatic heterocycles. The molecule has 0 atom stereocenters. The molecule has 2 nitrogen and oxygen atoms in total. The number of nitrogens with zero attached hydrogens (tertiary/aromatic N) is 1. The van der Waals surface area contributed by atoms with Gasteiger partial charge in [-0.3, -0.25) is 0 Å². The molecule has 15 heavy (non-hydrogen) atoms. The van der Waals surface area contributed by atoms with E-state index in [1.807, 2.05) is 6.07 Å². The van der Waals surface area contributed by atoms with Crippen LogP contribution in [0.1, 0.15) is 5.56 Å². The van der Waals surface area contributed by atoms with Crippen LogP contribution in [0.15, 0.2) is 24.4 Å². The molecule has 0 saturated heterocycles. The van der Waals surface area contributed by atoms with Crippen molar-refractivity contribution >= 4 is 26.7 Å². The molecule has 0 unspecified atom stereocenters. The van der Waals surface area contributed by atoms with Gasteiger partial charge in [0.2, 0.25) is 0 Å². The van der Waals surface area contributed by atoms with Crippen molar-refractivity contribution in [3.8, 4) is 5.75 Å². The number of hydrogen-bond acceptors (Lipinski definition) is 1. The van der Waals surface area contributed by atoms with Gasteiger partial charge in [0.15, 0.2) is 0 Å². The summed E-state index contributed by atoms with van der Waals surface area (Å²) in [7, 11) is 3.82. The number of aryl methyl sites for hydroxylation is 1. The van der Waals surface area contributed by atoms with Crippen LogP contribution < -0.4 is 4.74 Å². The maximum atomic E-state index is 5.26. The van der Waals surface area contributed by atoms with Gasteiger partial charge in [0.1, 0.15) is 0 Å². The van der Waals surface area contributed by atoms with Gasteiger partial charge < -0.3 is 0 Å². The van der Waals surface area contributed by atoms with E-state index in [0.29, 0.717) is 15.8 Å². The van der Waals surface area contributed by atoms with Crippen molar-refractivity contribution in [2.24, 2.45) is 7.05 Å². The third-order valence-electron chi connectivity index (χ3n) is 2.61. The fraction of sp³-hybridized carbons (Fsp3) is 0.333. The van der Waals surface area contributed by atoms with Crippen molar-refractivity contribution in [3.05, 3.63) is 30.0 Å². The number of aromatic nitrogens is 1. The molecule has 2 rings (SSSR count). The van der Waals surface area contributed by atoms with E-state index in [1.54, 1.807) is 7.11 Å². The van der Waals surface area contributed by atoms with Crippen LogP contribution in [0, 0.1) is 0 Å². The van der Waals surface area contributed by atoms with Gasteiger partial charge in [0.25, 0.3) is 0 Å². The molecule has 0 fully saturated rings. The summed E-state index contributed by atoms with van der Waals surface area (Å²) in [6.07, 6.45) is 2.24. The first-order chi connectivity index (χ1) is 7.26. The molecule has 0 bridgehead atoms. The average Bonchev–Trinajstić information content (AvgIpc) is 2.56. The fourth-order valence-corrected chi connectivity index (χ4v) is 3.12. The van der Waals surface area contributed by atoms with Crippen molar-refractivity contribution in [3.63, 3.8) is 0 Å². The molecule has 0 spiro atoms. The standard InChI is InChI=1S/C12H15AsNO/c1-13-7-9-8-14(2)12-5-4-10(15-3)6-11(9)12/h4-6,8H,7H2,1-3H3. The second-order valence-corrected chi connectivity index (χ2v) is 5.61. The number of methoxy groups -OCH3 is 1. The SMILES string of the molecule is COc1ccc2c(c1)c(C[As]C)cn2C. The summed E-state index contributed by atoms with van der Waals surface area (Å²) < 4.78 is 7.46. The van der Waals surface area contributed by atoms with Crippen LogP contribution in [-0.4, -0.2) is 27.4 Å². The van der Waals surface area contributed by atoms with Crippen LogP contribution in [0.5, 0.6) is 5.75 Å². The van der Waals surface area contributed by atoms with E-state index in [4.69, 9.17) is 4.74 Å². The minimum absolute atomic E-state index is 0.428. The normalized spacial score (nSPS) is 11.7. The summed E-state index contributed by atoms with van der Waals surface area (Å²) in [4.78, 5) is 0. The Balaban J connectivity index is 2.60. The third-order valence-corrected chi connectivity index (χ3v) is 3.99. The van der Waals surface area contributed by atoms with E-state index in [1.165, 1.54) is 21.7 Å². The van der Waals surface area contributed by atoms with Gasteiger partial charge in [0, 0.05) is 0 Å². The molecule has 0 N–H and O–H groups in total. The third kappa shape index (κ3) is 1.91. The van der Waals surface area contributed by atoms with Crippen molar-refractivity contribution in [2.45, 2.75) is 10.9 Å². The van der Waals surface area contributed by atoms with Gasteiger partial charge in [-0.2, -0.15) is 0 Å². The fourth-order valence-electron chi connectivity index (χ4n) is 1.88. The van der Waals surface area contributed by atoms with Crippen LogP contribution in [-0.2, 0) is 12.3 Å². The molecule has 0 amide bonds. The van der Waals surface area contributed by atoms with Gasteiger partial charge >= 0.3 is 96.7 Å². The topological polar surface area (TPSA) is 14.2 Å². The van der Waals surface area contributed by atoms with Crippen LogP contribution in [0.3, 0.4) is 0 Å². The molecule has 0 aliphatic heterocycles. The molecular weight excluding hydrogens is 249 g/mol. The Labute approximate surface area is 96.9 Å². The number of fused-ring (bicyclic) bond motifs is 1. The quantitative estimate of drug-likeness (QED) is 0.777. The van der Waals surface area contributed by atoms with Crippen LogP contribution in [0.25, 0.3) is 10.9 Å². The second-order valence-electron chi connectivity index (χ2n) is 3.62. The molecule has 0 saturated carbocycles.